The number of ether oxygens (including phenoxy) is 1. The first-order valence-electron chi connectivity index (χ1n) is 6.41. The van der Waals surface area contributed by atoms with Crippen molar-refractivity contribution in [2.75, 3.05) is 0 Å². The molecule has 0 saturated heterocycles. The van der Waals surface area contributed by atoms with Gasteiger partial charge >= 0.3 is 6.61 Å². The molecule has 0 aliphatic carbocycles. The smallest absolute Gasteiger partial charge is 0.387 e. The molecular formula is C14H20F2N2O2. The molecule has 2 unspecified atom stereocenters. The number of hydrogen-bond acceptors (Lipinski definition) is 3. The van der Waals surface area contributed by atoms with Gasteiger partial charge < -0.3 is 10.5 Å². The fraction of sp³-hybridized carbons (Fsp3) is 0.500. The second kappa shape index (κ2) is 7.19. The molecule has 0 aliphatic heterocycles. The number of carbonyl (C=O) groups is 1. The van der Waals surface area contributed by atoms with Crippen LogP contribution in [0.1, 0.15) is 32.4 Å². The molecule has 0 saturated carbocycles. The molecule has 4 nitrogen and oxygen atoms in total. The van der Waals surface area contributed by atoms with Crippen molar-refractivity contribution in [3.05, 3.63) is 29.8 Å². The van der Waals surface area contributed by atoms with Crippen molar-refractivity contribution < 1.29 is 18.3 Å². The van der Waals surface area contributed by atoms with E-state index in [9.17, 15) is 13.6 Å². The first kappa shape index (κ1) is 16.4. The van der Waals surface area contributed by atoms with Crippen LogP contribution in [-0.2, 0) is 4.79 Å². The summed E-state index contributed by atoms with van der Waals surface area (Å²) in [6.07, 6.45) is 0. The van der Waals surface area contributed by atoms with Crippen LogP contribution in [0.4, 0.5) is 8.78 Å². The van der Waals surface area contributed by atoms with E-state index in [1.54, 1.807) is 12.1 Å². The van der Waals surface area contributed by atoms with Gasteiger partial charge in [0.25, 0.3) is 0 Å². The summed E-state index contributed by atoms with van der Waals surface area (Å²) in [5.74, 6) is -0.311. The van der Waals surface area contributed by atoms with Crippen molar-refractivity contribution in [2.24, 2.45) is 11.7 Å². The molecule has 0 heterocycles. The monoisotopic (exact) mass is 286 g/mol. The molecule has 1 amide bonds. The summed E-state index contributed by atoms with van der Waals surface area (Å²) in [5, 5.41) is 3.10. The number of primary amides is 1. The first-order valence-corrected chi connectivity index (χ1v) is 6.41. The van der Waals surface area contributed by atoms with Gasteiger partial charge in [0.1, 0.15) is 5.75 Å². The predicted molar refractivity (Wildman–Crippen MR) is 72.4 cm³/mol. The number of benzene rings is 1. The van der Waals surface area contributed by atoms with Gasteiger partial charge in [-0.2, -0.15) is 8.78 Å². The van der Waals surface area contributed by atoms with Crippen LogP contribution in [0.5, 0.6) is 5.75 Å². The first-order chi connectivity index (χ1) is 9.31. The van der Waals surface area contributed by atoms with Crippen molar-refractivity contribution in [1.29, 1.82) is 0 Å². The van der Waals surface area contributed by atoms with E-state index >= 15 is 0 Å². The highest BCUT2D eigenvalue weighted by molar-refractivity contribution is 5.80. The lowest BCUT2D eigenvalue weighted by atomic mass is 10.0. The van der Waals surface area contributed by atoms with E-state index in [1.807, 2.05) is 20.8 Å². The van der Waals surface area contributed by atoms with Crippen LogP contribution < -0.4 is 15.8 Å². The van der Waals surface area contributed by atoms with E-state index in [0.717, 1.165) is 5.56 Å². The van der Waals surface area contributed by atoms with Crippen LogP contribution in [0.15, 0.2) is 24.3 Å². The minimum atomic E-state index is -2.86. The summed E-state index contributed by atoms with van der Waals surface area (Å²) < 4.78 is 28.7. The molecule has 0 bridgehead atoms. The van der Waals surface area contributed by atoms with E-state index in [1.165, 1.54) is 12.1 Å². The molecule has 6 heteroatoms. The normalized spacial score (nSPS) is 14.3. The topological polar surface area (TPSA) is 64.3 Å². The van der Waals surface area contributed by atoms with E-state index in [0.29, 0.717) is 0 Å². The third kappa shape index (κ3) is 4.77. The van der Waals surface area contributed by atoms with Crippen molar-refractivity contribution in [2.45, 2.75) is 39.5 Å². The highest BCUT2D eigenvalue weighted by atomic mass is 19.3. The Kier molecular flexibility index (Phi) is 5.88. The van der Waals surface area contributed by atoms with Gasteiger partial charge in [-0.25, -0.2) is 0 Å². The van der Waals surface area contributed by atoms with Gasteiger partial charge in [0.2, 0.25) is 5.91 Å². The molecule has 3 N–H and O–H groups in total. The molecule has 0 spiro atoms. The van der Waals surface area contributed by atoms with Crippen LogP contribution in [0.3, 0.4) is 0 Å². The van der Waals surface area contributed by atoms with Crippen LogP contribution in [0.25, 0.3) is 0 Å². The third-order valence-electron chi connectivity index (χ3n) is 2.99. The largest absolute Gasteiger partial charge is 0.435 e. The number of nitrogens with two attached hydrogens (primary N) is 1. The minimum Gasteiger partial charge on any atom is -0.435 e. The molecule has 1 rings (SSSR count). The number of rotatable bonds is 7. The average Bonchev–Trinajstić information content (AvgIpc) is 2.34. The van der Waals surface area contributed by atoms with Gasteiger partial charge in [-0.1, -0.05) is 26.0 Å². The Labute approximate surface area is 117 Å². The Bertz CT molecular complexity index is 453. The number of halogens is 2. The summed E-state index contributed by atoms with van der Waals surface area (Å²) in [5.41, 5.74) is 6.08. The zero-order chi connectivity index (χ0) is 15.3. The molecule has 20 heavy (non-hydrogen) atoms. The summed E-state index contributed by atoms with van der Waals surface area (Å²) in [6.45, 7) is 2.74. The van der Waals surface area contributed by atoms with Crippen molar-refractivity contribution >= 4 is 5.91 Å². The maximum atomic E-state index is 12.2. The van der Waals surface area contributed by atoms with Crippen molar-refractivity contribution in [1.82, 2.24) is 5.32 Å². The lowest BCUT2D eigenvalue weighted by molar-refractivity contribution is -0.121. The predicted octanol–water partition coefficient (Wildman–Crippen LogP) is 2.45. The van der Waals surface area contributed by atoms with Crippen LogP contribution in [0, 0.1) is 5.92 Å². The molecular weight excluding hydrogens is 266 g/mol. The standard InChI is InChI=1S/C14H20F2N2O2/c1-8(2)12(13(17)19)18-9(3)10-5-4-6-11(7-10)20-14(15)16/h4-9,12,14,18H,1-3H3,(H2,17,19). The molecule has 0 fully saturated rings. The van der Waals surface area contributed by atoms with Gasteiger partial charge in [0.15, 0.2) is 0 Å². The second-order valence-electron chi connectivity index (χ2n) is 4.96. The molecule has 2 atom stereocenters. The Morgan fingerprint density at radius 1 is 1.30 bits per heavy atom. The highest BCUT2D eigenvalue weighted by Gasteiger charge is 2.22. The number of carbonyl (C=O) groups excluding carboxylic acids is 1. The SMILES string of the molecule is CC(NC(C(N)=O)C(C)C)c1cccc(OC(F)F)c1. The van der Waals surface area contributed by atoms with Crippen LogP contribution in [-0.4, -0.2) is 18.6 Å². The Morgan fingerprint density at radius 3 is 2.45 bits per heavy atom. The zero-order valence-electron chi connectivity index (χ0n) is 11.8. The van der Waals surface area contributed by atoms with Gasteiger partial charge in [-0.15, -0.1) is 0 Å². The third-order valence-corrected chi connectivity index (χ3v) is 2.99. The average molecular weight is 286 g/mol. The number of amides is 1. The molecule has 1 aromatic carbocycles. The van der Waals surface area contributed by atoms with E-state index < -0.39 is 18.6 Å². The number of alkyl halides is 2. The maximum Gasteiger partial charge on any atom is 0.387 e. The Hall–Kier alpha value is -1.69. The fourth-order valence-electron chi connectivity index (χ4n) is 1.93. The van der Waals surface area contributed by atoms with E-state index in [2.05, 4.69) is 10.1 Å². The summed E-state index contributed by atoms with van der Waals surface area (Å²) >= 11 is 0. The van der Waals surface area contributed by atoms with Crippen molar-refractivity contribution in [3.8, 4) is 5.75 Å². The molecule has 0 radical (unpaired) electrons. The maximum absolute atomic E-state index is 12.2. The highest BCUT2D eigenvalue weighted by Crippen LogP contribution is 2.21. The zero-order valence-corrected chi connectivity index (χ0v) is 11.8. The molecule has 0 aliphatic rings. The van der Waals surface area contributed by atoms with Gasteiger partial charge in [-0.3, -0.25) is 10.1 Å². The van der Waals surface area contributed by atoms with E-state index in [-0.39, 0.29) is 17.7 Å². The van der Waals surface area contributed by atoms with Crippen LogP contribution in [0.2, 0.25) is 0 Å². The number of hydrogen-bond donors (Lipinski definition) is 2. The number of nitrogens with one attached hydrogen (secondary N) is 1. The van der Waals surface area contributed by atoms with Crippen molar-refractivity contribution in [3.63, 3.8) is 0 Å². The summed E-state index contributed by atoms with van der Waals surface area (Å²) in [4.78, 5) is 11.4. The summed E-state index contributed by atoms with van der Waals surface area (Å²) in [7, 11) is 0. The molecule has 1 aromatic rings. The lowest BCUT2D eigenvalue weighted by Gasteiger charge is -2.24. The van der Waals surface area contributed by atoms with E-state index in [4.69, 9.17) is 5.73 Å². The molecule has 112 valence electrons. The van der Waals surface area contributed by atoms with Gasteiger partial charge in [0.05, 0.1) is 6.04 Å². The fourth-order valence-corrected chi connectivity index (χ4v) is 1.93. The second-order valence-corrected chi connectivity index (χ2v) is 4.96. The Balaban J connectivity index is 2.81. The minimum absolute atomic E-state index is 0.0375. The quantitative estimate of drug-likeness (QED) is 0.809. The van der Waals surface area contributed by atoms with Gasteiger partial charge in [-0.05, 0) is 30.5 Å². The van der Waals surface area contributed by atoms with Crippen LogP contribution >= 0.6 is 0 Å². The molecule has 0 aromatic heterocycles. The Morgan fingerprint density at radius 2 is 1.95 bits per heavy atom. The lowest BCUT2D eigenvalue weighted by Crippen LogP contribution is -2.45. The summed E-state index contributed by atoms with van der Waals surface area (Å²) in [6, 6.07) is 5.67. The van der Waals surface area contributed by atoms with Gasteiger partial charge in [0, 0.05) is 6.04 Å².